The van der Waals surface area contributed by atoms with Crippen molar-refractivity contribution >= 4 is 5.91 Å². The predicted octanol–water partition coefficient (Wildman–Crippen LogP) is -0.327. The molecule has 0 fully saturated rings. The van der Waals surface area contributed by atoms with Gasteiger partial charge in [0.25, 0.3) is 0 Å². The van der Waals surface area contributed by atoms with Crippen LogP contribution in [0.3, 0.4) is 0 Å². The first-order valence-electron chi connectivity index (χ1n) is 5.09. The van der Waals surface area contributed by atoms with E-state index in [4.69, 9.17) is 10.4 Å². The molecule has 5 heteroatoms. The van der Waals surface area contributed by atoms with E-state index in [9.17, 15) is 4.79 Å². The maximum absolute atomic E-state index is 11.6. The van der Waals surface area contributed by atoms with E-state index in [-0.39, 0.29) is 12.5 Å². The predicted molar refractivity (Wildman–Crippen MR) is 57.1 cm³/mol. The molecule has 0 atom stereocenters. The number of nitriles is 1. The number of carbonyl (C=O) groups is 1. The van der Waals surface area contributed by atoms with Gasteiger partial charge in [-0.15, -0.1) is 0 Å². The molecule has 5 nitrogen and oxygen atoms in total. The monoisotopic (exact) mass is 213 g/mol. The topological polar surface area (TPSA) is 67.6 Å². The van der Waals surface area contributed by atoms with Crippen LogP contribution in [0, 0.1) is 11.3 Å². The van der Waals surface area contributed by atoms with Gasteiger partial charge in [-0.1, -0.05) is 6.92 Å². The van der Waals surface area contributed by atoms with Gasteiger partial charge in [0, 0.05) is 20.1 Å². The first-order valence-corrected chi connectivity index (χ1v) is 5.09. The Morgan fingerprint density at radius 2 is 2.13 bits per heavy atom. The van der Waals surface area contributed by atoms with Gasteiger partial charge in [0.05, 0.1) is 25.6 Å². The van der Waals surface area contributed by atoms with Crippen LogP contribution < -0.4 is 0 Å². The van der Waals surface area contributed by atoms with Crippen LogP contribution in [-0.4, -0.2) is 60.6 Å². The minimum absolute atomic E-state index is 0.0134. The molecule has 0 heterocycles. The minimum Gasteiger partial charge on any atom is -0.395 e. The van der Waals surface area contributed by atoms with Crippen molar-refractivity contribution in [3.05, 3.63) is 0 Å². The summed E-state index contributed by atoms with van der Waals surface area (Å²) in [7, 11) is 1.69. The van der Waals surface area contributed by atoms with Gasteiger partial charge < -0.3 is 10.0 Å². The van der Waals surface area contributed by atoms with E-state index in [0.717, 1.165) is 6.54 Å². The molecule has 1 N–H and O–H groups in total. The Bertz CT molecular complexity index is 225. The molecule has 0 aliphatic rings. The van der Waals surface area contributed by atoms with E-state index >= 15 is 0 Å². The molecule has 0 aliphatic heterocycles. The van der Waals surface area contributed by atoms with Crippen LogP contribution in [0.1, 0.15) is 13.3 Å². The van der Waals surface area contributed by atoms with Crippen molar-refractivity contribution in [2.24, 2.45) is 0 Å². The quantitative estimate of drug-likeness (QED) is 0.629. The van der Waals surface area contributed by atoms with Gasteiger partial charge in [-0.05, 0) is 6.54 Å². The van der Waals surface area contributed by atoms with Gasteiger partial charge in [-0.2, -0.15) is 5.26 Å². The number of hydrogen-bond acceptors (Lipinski definition) is 4. The average molecular weight is 213 g/mol. The van der Waals surface area contributed by atoms with E-state index in [1.54, 1.807) is 11.9 Å². The smallest absolute Gasteiger partial charge is 0.236 e. The largest absolute Gasteiger partial charge is 0.395 e. The second-order valence-corrected chi connectivity index (χ2v) is 3.32. The van der Waals surface area contributed by atoms with Crippen molar-refractivity contribution in [3.63, 3.8) is 0 Å². The third kappa shape index (κ3) is 6.05. The highest BCUT2D eigenvalue weighted by Crippen LogP contribution is 1.93. The molecular formula is C10H19N3O2. The normalized spacial score (nSPS) is 10.1. The summed E-state index contributed by atoms with van der Waals surface area (Å²) in [6, 6.07) is 2.00. The summed E-state index contributed by atoms with van der Waals surface area (Å²) >= 11 is 0. The Balaban J connectivity index is 3.93. The van der Waals surface area contributed by atoms with Crippen molar-refractivity contribution in [2.45, 2.75) is 13.3 Å². The number of amides is 1. The number of nitrogens with zero attached hydrogens (tertiary/aromatic N) is 3. The Morgan fingerprint density at radius 3 is 2.60 bits per heavy atom. The fourth-order valence-electron chi connectivity index (χ4n) is 1.14. The summed E-state index contributed by atoms with van der Waals surface area (Å²) in [4.78, 5) is 15.0. The molecule has 0 aromatic heterocycles. The zero-order chi connectivity index (χ0) is 11.7. The van der Waals surface area contributed by atoms with E-state index in [0.29, 0.717) is 26.1 Å². The molecule has 0 radical (unpaired) electrons. The summed E-state index contributed by atoms with van der Waals surface area (Å²) in [5.74, 6) is -0.0134. The van der Waals surface area contributed by atoms with Gasteiger partial charge in [-0.3, -0.25) is 9.69 Å². The van der Waals surface area contributed by atoms with Gasteiger partial charge in [-0.25, -0.2) is 0 Å². The lowest BCUT2D eigenvalue weighted by atomic mass is 10.4. The zero-order valence-corrected chi connectivity index (χ0v) is 9.44. The molecule has 0 saturated heterocycles. The zero-order valence-electron chi connectivity index (χ0n) is 9.44. The van der Waals surface area contributed by atoms with Crippen LogP contribution in [-0.2, 0) is 4.79 Å². The lowest BCUT2D eigenvalue weighted by molar-refractivity contribution is -0.131. The Morgan fingerprint density at radius 1 is 1.47 bits per heavy atom. The van der Waals surface area contributed by atoms with Crippen LogP contribution in [0.2, 0.25) is 0 Å². The lowest BCUT2D eigenvalue weighted by Crippen LogP contribution is -2.39. The molecule has 0 rings (SSSR count). The van der Waals surface area contributed by atoms with Gasteiger partial charge in [0.15, 0.2) is 0 Å². The summed E-state index contributed by atoms with van der Waals surface area (Å²) in [5.41, 5.74) is 0. The number of aliphatic hydroxyl groups is 1. The van der Waals surface area contributed by atoms with Crippen LogP contribution in [0.15, 0.2) is 0 Å². The van der Waals surface area contributed by atoms with Crippen molar-refractivity contribution in [1.29, 1.82) is 5.26 Å². The summed E-state index contributed by atoms with van der Waals surface area (Å²) in [5, 5.41) is 17.1. The molecule has 0 spiro atoms. The van der Waals surface area contributed by atoms with E-state index in [1.165, 1.54) is 0 Å². The fraction of sp³-hybridized carbons (Fsp3) is 0.800. The molecule has 86 valence electrons. The lowest BCUT2D eigenvalue weighted by Gasteiger charge is -2.22. The van der Waals surface area contributed by atoms with Crippen molar-refractivity contribution in [3.8, 4) is 6.07 Å². The molecule has 15 heavy (non-hydrogen) atoms. The Hall–Kier alpha value is -1.12. The van der Waals surface area contributed by atoms with Crippen molar-refractivity contribution in [1.82, 2.24) is 9.80 Å². The van der Waals surface area contributed by atoms with Crippen molar-refractivity contribution in [2.75, 3.05) is 39.8 Å². The average Bonchev–Trinajstić information content (AvgIpc) is 2.24. The second-order valence-electron chi connectivity index (χ2n) is 3.32. The molecule has 0 aliphatic carbocycles. The van der Waals surface area contributed by atoms with Gasteiger partial charge >= 0.3 is 0 Å². The maximum atomic E-state index is 11.6. The summed E-state index contributed by atoms with van der Waals surface area (Å²) < 4.78 is 0. The number of likely N-dealkylation sites (N-methyl/N-ethyl adjacent to an activating group) is 2. The highest BCUT2D eigenvalue weighted by atomic mass is 16.3. The standard InChI is InChI=1S/C10H19N3O2/c1-3-13(7-8-14)9-10(15)12(2)6-4-5-11/h14H,3-4,6-9H2,1-2H3. The second kappa shape index (κ2) is 8.21. The number of carbonyl (C=O) groups excluding carboxylic acids is 1. The highest BCUT2D eigenvalue weighted by molar-refractivity contribution is 5.77. The van der Waals surface area contributed by atoms with Crippen LogP contribution in [0.4, 0.5) is 0 Å². The SMILES string of the molecule is CCN(CCO)CC(=O)N(C)CCC#N. The van der Waals surface area contributed by atoms with Crippen molar-refractivity contribution < 1.29 is 9.90 Å². The van der Waals surface area contributed by atoms with Crippen LogP contribution in [0.25, 0.3) is 0 Å². The molecule has 0 saturated carbocycles. The summed E-state index contributed by atoms with van der Waals surface area (Å²) in [6.45, 7) is 4.01. The third-order valence-electron chi connectivity index (χ3n) is 2.21. The molecule has 0 bridgehead atoms. The van der Waals surface area contributed by atoms with E-state index in [2.05, 4.69) is 0 Å². The number of aliphatic hydroxyl groups excluding tert-OH is 1. The number of hydrogen-bond donors (Lipinski definition) is 1. The molecule has 0 aromatic rings. The minimum atomic E-state index is -0.0134. The maximum Gasteiger partial charge on any atom is 0.236 e. The first-order chi connectivity index (χ1) is 7.15. The Labute approximate surface area is 90.9 Å². The Kier molecular flexibility index (Phi) is 7.60. The number of rotatable bonds is 7. The fourth-order valence-corrected chi connectivity index (χ4v) is 1.14. The van der Waals surface area contributed by atoms with E-state index < -0.39 is 0 Å². The van der Waals surface area contributed by atoms with Gasteiger partial charge in [0.2, 0.25) is 5.91 Å². The molecule has 1 amide bonds. The third-order valence-corrected chi connectivity index (χ3v) is 2.21. The van der Waals surface area contributed by atoms with Crippen LogP contribution in [0.5, 0.6) is 0 Å². The molecule has 0 unspecified atom stereocenters. The molecular weight excluding hydrogens is 194 g/mol. The highest BCUT2D eigenvalue weighted by Gasteiger charge is 2.12. The van der Waals surface area contributed by atoms with E-state index in [1.807, 2.05) is 17.9 Å². The first kappa shape index (κ1) is 13.9. The summed E-state index contributed by atoms with van der Waals surface area (Å²) in [6.07, 6.45) is 0.356. The molecule has 0 aromatic carbocycles. The van der Waals surface area contributed by atoms with Crippen LogP contribution >= 0.6 is 0 Å². The van der Waals surface area contributed by atoms with Gasteiger partial charge in [0.1, 0.15) is 0 Å².